The van der Waals surface area contributed by atoms with E-state index >= 15 is 0 Å². The summed E-state index contributed by atoms with van der Waals surface area (Å²) in [7, 11) is -3.59. The fourth-order valence-corrected chi connectivity index (χ4v) is 4.63. The minimum Gasteiger partial charge on any atom is -0.336 e. The number of amides is 1. The van der Waals surface area contributed by atoms with Crippen molar-refractivity contribution in [3.05, 3.63) is 29.8 Å². The fourth-order valence-electron chi connectivity index (χ4n) is 3.21. The molecule has 0 atom stereocenters. The van der Waals surface area contributed by atoms with Crippen molar-refractivity contribution in [2.75, 3.05) is 19.6 Å². The summed E-state index contributed by atoms with van der Waals surface area (Å²) in [5, 5.41) is 3.32. The van der Waals surface area contributed by atoms with Gasteiger partial charge in [-0.05, 0) is 77.4 Å². The van der Waals surface area contributed by atoms with Gasteiger partial charge >= 0.3 is 0 Å². The lowest BCUT2D eigenvalue weighted by Gasteiger charge is -2.34. The van der Waals surface area contributed by atoms with E-state index in [9.17, 15) is 13.2 Å². The standard InChI is InChI=1S/C19H31N3O3S/c1-5-14-22(16-10-12-20-13-11-16)18(23)15-6-8-17(9-7-15)26(24,25)21-19(2,3)4/h6-9,16,20-21H,5,10-14H2,1-4H3. The summed E-state index contributed by atoms with van der Waals surface area (Å²) in [6, 6.07) is 6.49. The van der Waals surface area contributed by atoms with Crippen LogP contribution >= 0.6 is 0 Å². The first-order valence-electron chi connectivity index (χ1n) is 9.30. The van der Waals surface area contributed by atoms with E-state index in [0.717, 1.165) is 38.9 Å². The molecule has 1 aliphatic heterocycles. The maximum atomic E-state index is 13.0. The molecule has 1 fully saturated rings. The average molecular weight is 382 g/mol. The van der Waals surface area contributed by atoms with Crippen molar-refractivity contribution in [2.45, 2.75) is 63.4 Å². The number of hydrogen-bond acceptors (Lipinski definition) is 4. The van der Waals surface area contributed by atoms with Crippen molar-refractivity contribution in [2.24, 2.45) is 0 Å². The molecule has 0 aromatic heterocycles. The third-order valence-corrected chi connectivity index (χ3v) is 6.10. The van der Waals surface area contributed by atoms with Gasteiger partial charge in [-0.1, -0.05) is 6.92 Å². The van der Waals surface area contributed by atoms with Crippen LogP contribution in [0.25, 0.3) is 0 Å². The number of benzene rings is 1. The lowest BCUT2D eigenvalue weighted by molar-refractivity contribution is 0.0642. The van der Waals surface area contributed by atoms with Crippen LogP contribution in [0.1, 0.15) is 57.3 Å². The third kappa shape index (κ3) is 5.53. The van der Waals surface area contributed by atoms with Gasteiger partial charge in [-0.3, -0.25) is 4.79 Å². The van der Waals surface area contributed by atoms with Crippen LogP contribution in [-0.2, 0) is 10.0 Å². The molecule has 1 heterocycles. The fraction of sp³-hybridized carbons (Fsp3) is 0.632. The topological polar surface area (TPSA) is 78.5 Å². The van der Waals surface area contributed by atoms with Crippen LogP contribution in [-0.4, -0.2) is 50.4 Å². The van der Waals surface area contributed by atoms with Gasteiger partial charge in [-0.2, -0.15) is 0 Å². The Morgan fingerprint density at radius 1 is 1.19 bits per heavy atom. The predicted molar refractivity (Wildman–Crippen MR) is 104 cm³/mol. The van der Waals surface area contributed by atoms with E-state index in [0.29, 0.717) is 5.56 Å². The van der Waals surface area contributed by atoms with Gasteiger partial charge in [-0.25, -0.2) is 13.1 Å². The Labute approximate surface area is 157 Å². The molecule has 1 amide bonds. The Morgan fingerprint density at radius 2 is 1.77 bits per heavy atom. The highest BCUT2D eigenvalue weighted by molar-refractivity contribution is 7.89. The van der Waals surface area contributed by atoms with Crippen LogP contribution in [0.3, 0.4) is 0 Å². The molecule has 1 aromatic rings. The third-order valence-electron chi connectivity index (χ3n) is 4.33. The van der Waals surface area contributed by atoms with Crippen LogP contribution < -0.4 is 10.0 Å². The van der Waals surface area contributed by atoms with Crippen molar-refractivity contribution >= 4 is 15.9 Å². The minimum absolute atomic E-state index is 0.0218. The zero-order valence-electron chi connectivity index (χ0n) is 16.2. The highest BCUT2D eigenvalue weighted by atomic mass is 32.2. The summed E-state index contributed by atoms with van der Waals surface area (Å²) >= 11 is 0. The number of nitrogens with one attached hydrogen (secondary N) is 2. The van der Waals surface area contributed by atoms with E-state index in [2.05, 4.69) is 17.0 Å². The molecule has 1 aliphatic rings. The Balaban J connectivity index is 2.18. The summed E-state index contributed by atoms with van der Waals surface area (Å²) in [5.41, 5.74) is -0.0213. The average Bonchev–Trinajstić information content (AvgIpc) is 2.58. The monoisotopic (exact) mass is 381 g/mol. The van der Waals surface area contributed by atoms with Gasteiger partial charge in [0.25, 0.3) is 5.91 Å². The van der Waals surface area contributed by atoms with E-state index < -0.39 is 15.6 Å². The largest absolute Gasteiger partial charge is 0.336 e. The lowest BCUT2D eigenvalue weighted by Crippen LogP contribution is -2.46. The Bertz CT molecular complexity index is 703. The maximum absolute atomic E-state index is 13.0. The van der Waals surface area contributed by atoms with E-state index in [4.69, 9.17) is 0 Å². The molecule has 0 bridgehead atoms. The second-order valence-electron chi connectivity index (χ2n) is 7.86. The summed E-state index contributed by atoms with van der Waals surface area (Å²) in [6.07, 6.45) is 2.80. The van der Waals surface area contributed by atoms with E-state index in [1.165, 1.54) is 12.1 Å². The molecule has 2 N–H and O–H groups in total. The van der Waals surface area contributed by atoms with Crippen LogP contribution in [0, 0.1) is 0 Å². The first kappa shape index (κ1) is 20.9. The molecule has 0 radical (unpaired) electrons. The van der Waals surface area contributed by atoms with Crippen molar-refractivity contribution in [1.82, 2.24) is 14.9 Å². The minimum atomic E-state index is -3.59. The van der Waals surface area contributed by atoms with Crippen LogP contribution in [0.15, 0.2) is 29.2 Å². The molecule has 7 heteroatoms. The second-order valence-corrected chi connectivity index (χ2v) is 9.54. The molecule has 26 heavy (non-hydrogen) atoms. The summed E-state index contributed by atoms with van der Waals surface area (Å²) in [4.78, 5) is 15.1. The number of hydrogen-bond donors (Lipinski definition) is 2. The van der Waals surface area contributed by atoms with Gasteiger partial charge in [0, 0.05) is 23.7 Å². The number of sulfonamides is 1. The number of rotatable bonds is 6. The summed E-state index contributed by atoms with van der Waals surface area (Å²) in [5.74, 6) is -0.0218. The molecular weight excluding hydrogens is 350 g/mol. The van der Waals surface area contributed by atoms with Crippen molar-refractivity contribution in [3.8, 4) is 0 Å². The highest BCUT2D eigenvalue weighted by Crippen LogP contribution is 2.19. The van der Waals surface area contributed by atoms with E-state index in [-0.39, 0.29) is 16.8 Å². The maximum Gasteiger partial charge on any atom is 0.254 e. The molecule has 2 rings (SSSR count). The van der Waals surface area contributed by atoms with Crippen molar-refractivity contribution in [1.29, 1.82) is 0 Å². The number of carbonyl (C=O) groups excluding carboxylic acids is 1. The van der Waals surface area contributed by atoms with Gasteiger partial charge in [0.1, 0.15) is 0 Å². The first-order valence-corrected chi connectivity index (χ1v) is 10.8. The Morgan fingerprint density at radius 3 is 2.27 bits per heavy atom. The van der Waals surface area contributed by atoms with Gasteiger partial charge in [0.05, 0.1) is 4.90 Å². The van der Waals surface area contributed by atoms with Crippen LogP contribution in [0.5, 0.6) is 0 Å². The zero-order valence-corrected chi connectivity index (χ0v) is 17.0. The molecule has 0 aliphatic carbocycles. The Kier molecular flexibility index (Phi) is 6.82. The first-order chi connectivity index (χ1) is 12.1. The predicted octanol–water partition coefficient (Wildman–Crippen LogP) is 2.37. The van der Waals surface area contributed by atoms with Gasteiger partial charge in [0.15, 0.2) is 0 Å². The normalized spacial score (nSPS) is 16.5. The molecule has 0 spiro atoms. The molecule has 6 nitrogen and oxygen atoms in total. The van der Waals surface area contributed by atoms with E-state index in [1.54, 1.807) is 32.9 Å². The Hall–Kier alpha value is -1.44. The van der Waals surface area contributed by atoms with Gasteiger partial charge in [0.2, 0.25) is 10.0 Å². The van der Waals surface area contributed by atoms with Crippen molar-refractivity contribution < 1.29 is 13.2 Å². The number of piperidine rings is 1. The quantitative estimate of drug-likeness (QED) is 0.793. The zero-order chi connectivity index (χ0) is 19.4. The molecular formula is C19H31N3O3S. The molecule has 1 saturated heterocycles. The van der Waals surface area contributed by atoms with E-state index in [1.807, 2.05) is 4.90 Å². The van der Waals surface area contributed by atoms with Gasteiger partial charge < -0.3 is 10.2 Å². The summed E-state index contributed by atoms with van der Waals surface area (Å²) in [6.45, 7) is 10.0. The second kappa shape index (κ2) is 8.50. The van der Waals surface area contributed by atoms with Crippen molar-refractivity contribution in [3.63, 3.8) is 0 Å². The molecule has 1 aromatic carbocycles. The van der Waals surface area contributed by atoms with Gasteiger partial charge in [-0.15, -0.1) is 0 Å². The molecule has 146 valence electrons. The van der Waals surface area contributed by atoms with Crippen LogP contribution in [0.4, 0.5) is 0 Å². The number of carbonyl (C=O) groups is 1. The smallest absolute Gasteiger partial charge is 0.254 e. The lowest BCUT2D eigenvalue weighted by atomic mass is 10.0. The summed E-state index contributed by atoms with van der Waals surface area (Å²) < 4.78 is 27.4. The van der Waals surface area contributed by atoms with Crippen LogP contribution in [0.2, 0.25) is 0 Å². The number of nitrogens with zero attached hydrogens (tertiary/aromatic N) is 1. The SMILES string of the molecule is CCCN(C(=O)c1ccc(S(=O)(=O)NC(C)(C)C)cc1)C1CCNCC1. The molecule has 0 unspecified atom stereocenters. The molecule has 0 saturated carbocycles. The highest BCUT2D eigenvalue weighted by Gasteiger charge is 2.26.